The van der Waals surface area contributed by atoms with E-state index in [0.29, 0.717) is 0 Å². The molecule has 0 fully saturated rings. The number of hydrogen-bond donors (Lipinski definition) is 0. The van der Waals surface area contributed by atoms with Crippen LogP contribution < -0.4 is 0 Å². The highest BCUT2D eigenvalue weighted by molar-refractivity contribution is 5.72. The fourth-order valence-corrected chi connectivity index (χ4v) is 1.33. The van der Waals surface area contributed by atoms with Gasteiger partial charge in [-0.1, -0.05) is 12.2 Å². The molecule has 0 radical (unpaired) electrons. The Morgan fingerprint density at radius 3 is 2.76 bits per heavy atom. The number of carbonyl (C=O) groups is 1. The molecule has 0 saturated carbocycles. The van der Waals surface area contributed by atoms with E-state index in [-0.39, 0.29) is 18.1 Å². The summed E-state index contributed by atoms with van der Waals surface area (Å²) >= 11 is 0. The van der Waals surface area contributed by atoms with Crippen LogP contribution in [0.25, 0.3) is 6.08 Å². The molecule has 90 valence electrons. The lowest BCUT2D eigenvalue weighted by Gasteiger charge is -2.00. The van der Waals surface area contributed by atoms with E-state index >= 15 is 0 Å². The molecule has 1 aromatic rings. The van der Waals surface area contributed by atoms with Crippen LogP contribution in [0.15, 0.2) is 24.3 Å². The Hall–Kier alpha value is -2.17. The molecule has 0 heterocycles. The molecule has 17 heavy (non-hydrogen) atoms. The zero-order chi connectivity index (χ0) is 12.8. The van der Waals surface area contributed by atoms with Crippen LogP contribution in [0.2, 0.25) is 0 Å². The zero-order valence-corrected chi connectivity index (χ0v) is 9.67. The molecule has 0 atom stereocenters. The number of nitro groups is 1. The van der Waals surface area contributed by atoms with Gasteiger partial charge in [-0.3, -0.25) is 14.9 Å². The van der Waals surface area contributed by atoms with Gasteiger partial charge >= 0.3 is 5.97 Å². The maximum Gasteiger partial charge on any atom is 0.309 e. The molecule has 1 rings (SSSR count). The third kappa shape index (κ3) is 3.71. The molecule has 0 aliphatic carbocycles. The summed E-state index contributed by atoms with van der Waals surface area (Å²) in [5.41, 5.74) is 1.70. The number of aryl methyl sites for hydroxylation is 1. The fourth-order valence-electron chi connectivity index (χ4n) is 1.33. The predicted octanol–water partition coefficient (Wildman–Crippen LogP) is 2.48. The molecule has 0 aliphatic rings. The summed E-state index contributed by atoms with van der Waals surface area (Å²) in [5, 5.41) is 10.5. The van der Waals surface area contributed by atoms with Crippen molar-refractivity contribution < 1.29 is 14.5 Å². The molecule has 0 saturated heterocycles. The zero-order valence-electron chi connectivity index (χ0n) is 9.67. The maximum atomic E-state index is 10.9. The van der Waals surface area contributed by atoms with Crippen LogP contribution in [0.4, 0.5) is 5.69 Å². The first-order valence-electron chi connectivity index (χ1n) is 5.03. The lowest BCUT2D eigenvalue weighted by molar-refractivity contribution is -0.384. The van der Waals surface area contributed by atoms with Crippen LogP contribution in [-0.4, -0.2) is 18.0 Å². The second-order valence-corrected chi connectivity index (χ2v) is 3.48. The minimum atomic E-state index is -0.436. The van der Waals surface area contributed by atoms with Crippen molar-refractivity contribution in [1.82, 2.24) is 0 Å². The minimum absolute atomic E-state index is 0.0626. The Morgan fingerprint density at radius 2 is 2.24 bits per heavy atom. The van der Waals surface area contributed by atoms with Crippen molar-refractivity contribution in [2.24, 2.45) is 0 Å². The van der Waals surface area contributed by atoms with E-state index in [1.54, 1.807) is 25.1 Å². The summed E-state index contributed by atoms with van der Waals surface area (Å²) in [4.78, 5) is 21.0. The maximum absolute atomic E-state index is 10.9. The summed E-state index contributed by atoms with van der Waals surface area (Å²) < 4.78 is 4.49. The number of nitro benzene ring substituents is 1. The lowest BCUT2D eigenvalue weighted by Crippen LogP contribution is -1.96. The lowest BCUT2D eigenvalue weighted by atomic mass is 10.1. The molecule has 0 amide bonds. The number of methoxy groups -OCH3 is 1. The van der Waals surface area contributed by atoms with Gasteiger partial charge in [0.25, 0.3) is 5.69 Å². The highest BCUT2D eigenvalue weighted by atomic mass is 16.6. The normalized spacial score (nSPS) is 10.5. The first-order chi connectivity index (χ1) is 8.04. The average molecular weight is 235 g/mol. The molecule has 0 aliphatic heterocycles. The molecular formula is C12H13NO4. The van der Waals surface area contributed by atoms with Gasteiger partial charge < -0.3 is 4.74 Å². The van der Waals surface area contributed by atoms with E-state index in [2.05, 4.69) is 4.74 Å². The largest absolute Gasteiger partial charge is 0.469 e. The number of benzene rings is 1. The third-order valence-electron chi connectivity index (χ3n) is 2.27. The van der Waals surface area contributed by atoms with Gasteiger partial charge in [0.15, 0.2) is 0 Å². The van der Waals surface area contributed by atoms with Gasteiger partial charge in [0, 0.05) is 12.1 Å². The van der Waals surface area contributed by atoms with Crippen LogP contribution >= 0.6 is 0 Å². The Morgan fingerprint density at radius 1 is 1.53 bits per heavy atom. The van der Waals surface area contributed by atoms with Crippen LogP contribution in [-0.2, 0) is 9.53 Å². The average Bonchev–Trinajstić information content (AvgIpc) is 2.30. The van der Waals surface area contributed by atoms with E-state index in [1.165, 1.54) is 19.2 Å². The van der Waals surface area contributed by atoms with Gasteiger partial charge in [-0.05, 0) is 24.1 Å². The molecule has 0 spiro atoms. The summed E-state index contributed by atoms with van der Waals surface area (Å²) in [7, 11) is 1.33. The highest BCUT2D eigenvalue weighted by Crippen LogP contribution is 2.18. The van der Waals surface area contributed by atoms with E-state index in [0.717, 1.165) is 11.1 Å². The number of hydrogen-bond acceptors (Lipinski definition) is 4. The number of nitrogens with zero attached hydrogens (tertiary/aromatic N) is 1. The van der Waals surface area contributed by atoms with Gasteiger partial charge in [0.1, 0.15) is 0 Å². The molecule has 0 aromatic heterocycles. The van der Waals surface area contributed by atoms with Crippen LogP contribution in [0, 0.1) is 17.0 Å². The fraction of sp³-hybridized carbons (Fsp3) is 0.250. The van der Waals surface area contributed by atoms with E-state index in [9.17, 15) is 14.9 Å². The molecule has 0 bridgehead atoms. The Bertz CT molecular complexity index is 466. The molecule has 1 aromatic carbocycles. The topological polar surface area (TPSA) is 69.4 Å². The summed E-state index contributed by atoms with van der Waals surface area (Å²) in [6.07, 6.45) is 3.60. The molecule has 5 nitrogen and oxygen atoms in total. The van der Waals surface area contributed by atoms with Gasteiger partial charge in [-0.25, -0.2) is 0 Å². The van der Waals surface area contributed by atoms with Crippen molar-refractivity contribution >= 4 is 17.7 Å². The Labute approximate surface area is 98.9 Å². The first kappa shape index (κ1) is 12.9. The van der Waals surface area contributed by atoms with E-state index < -0.39 is 4.92 Å². The summed E-state index contributed by atoms with van der Waals surface area (Å²) in [6.45, 7) is 1.78. The first-order valence-corrected chi connectivity index (χ1v) is 5.03. The molecule has 5 heteroatoms. The predicted molar refractivity (Wildman–Crippen MR) is 63.5 cm³/mol. The second-order valence-electron chi connectivity index (χ2n) is 3.48. The SMILES string of the molecule is COC(=O)CC=Cc1ccc([N+](=O)[O-])cc1C. The van der Waals surface area contributed by atoms with Gasteiger partial charge in [0.05, 0.1) is 18.5 Å². The van der Waals surface area contributed by atoms with E-state index in [1.807, 2.05) is 0 Å². The molecular weight excluding hydrogens is 222 g/mol. The molecule has 0 N–H and O–H groups in total. The summed E-state index contributed by atoms with van der Waals surface area (Å²) in [6, 6.07) is 4.59. The van der Waals surface area contributed by atoms with Crippen LogP contribution in [0.5, 0.6) is 0 Å². The number of rotatable bonds is 4. The van der Waals surface area contributed by atoms with Crippen LogP contribution in [0.1, 0.15) is 17.5 Å². The van der Waals surface area contributed by atoms with Gasteiger partial charge in [-0.15, -0.1) is 0 Å². The van der Waals surface area contributed by atoms with Gasteiger partial charge in [-0.2, -0.15) is 0 Å². The highest BCUT2D eigenvalue weighted by Gasteiger charge is 2.06. The summed E-state index contributed by atoms with van der Waals surface area (Å²) in [5.74, 6) is -0.319. The Kier molecular flexibility index (Phi) is 4.39. The standard InChI is InChI=1S/C12H13NO4/c1-9-8-11(13(15)16)7-6-10(9)4-3-5-12(14)17-2/h3-4,6-8H,5H2,1-2H3. The monoisotopic (exact) mass is 235 g/mol. The number of non-ortho nitro benzene ring substituents is 1. The molecule has 0 unspecified atom stereocenters. The smallest absolute Gasteiger partial charge is 0.309 e. The number of carbonyl (C=O) groups excluding carboxylic acids is 1. The van der Waals surface area contributed by atoms with Crippen molar-refractivity contribution in [3.05, 3.63) is 45.5 Å². The van der Waals surface area contributed by atoms with Gasteiger partial charge in [0.2, 0.25) is 0 Å². The quantitative estimate of drug-likeness (QED) is 0.456. The van der Waals surface area contributed by atoms with Crippen molar-refractivity contribution in [2.45, 2.75) is 13.3 Å². The van der Waals surface area contributed by atoms with E-state index in [4.69, 9.17) is 0 Å². The van der Waals surface area contributed by atoms with Crippen molar-refractivity contribution in [1.29, 1.82) is 0 Å². The number of ether oxygens (including phenoxy) is 1. The minimum Gasteiger partial charge on any atom is -0.469 e. The van der Waals surface area contributed by atoms with Crippen molar-refractivity contribution in [3.63, 3.8) is 0 Å². The Balaban J connectivity index is 2.79. The number of esters is 1. The van der Waals surface area contributed by atoms with Crippen molar-refractivity contribution in [2.75, 3.05) is 7.11 Å². The second kappa shape index (κ2) is 5.79. The van der Waals surface area contributed by atoms with Crippen LogP contribution in [0.3, 0.4) is 0 Å². The third-order valence-corrected chi connectivity index (χ3v) is 2.27. The van der Waals surface area contributed by atoms with Crippen molar-refractivity contribution in [3.8, 4) is 0 Å².